The number of aromatic nitrogens is 2. The summed E-state index contributed by atoms with van der Waals surface area (Å²) in [7, 11) is 1.63. The van der Waals surface area contributed by atoms with Gasteiger partial charge in [0.05, 0.1) is 41.1 Å². The second-order valence-corrected chi connectivity index (χ2v) is 9.00. The Morgan fingerprint density at radius 2 is 1.77 bits per heavy atom. The van der Waals surface area contributed by atoms with E-state index in [9.17, 15) is 4.79 Å². The smallest absolute Gasteiger partial charge is 0.313 e. The second-order valence-electron chi connectivity index (χ2n) is 8.18. The molecule has 1 atom stereocenters. The van der Waals surface area contributed by atoms with Crippen molar-refractivity contribution >= 4 is 29.2 Å². The van der Waals surface area contributed by atoms with Crippen molar-refractivity contribution in [2.45, 2.75) is 26.2 Å². The lowest BCUT2D eigenvalue weighted by Gasteiger charge is -2.17. The van der Waals surface area contributed by atoms with E-state index in [4.69, 9.17) is 37.8 Å². The van der Waals surface area contributed by atoms with E-state index in [1.165, 1.54) is 0 Å². The Bertz CT molecular complexity index is 1330. The average Bonchev–Trinajstić information content (AvgIpc) is 3.28. The number of methoxy groups -OCH3 is 1. The quantitative estimate of drug-likeness (QED) is 0.239. The molecule has 3 aromatic carbocycles. The lowest BCUT2D eigenvalue weighted by Crippen LogP contribution is -2.20. The molecule has 7 heteroatoms. The van der Waals surface area contributed by atoms with Crippen LogP contribution < -0.4 is 4.74 Å². The average molecular weight is 509 g/mol. The lowest BCUT2D eigenvalue weighted by molar-refractivity contribution is -0.145. The summed E-state index contributed by atoms with van der Waals surface area (Å²) in [6, 6.07) is 23.0. The maximum Gasteiger partial charge on any atom is 0.313 e. The largest absolute Gasteiger partial charge is 0.497 e. The Labute approximate surface area is 215 Å². The summed E-state index contributed by atoms with van der Waals surface area (Å²) in [5.74, 6) is -0.00167. The summed E-state index contributed by atoms with van der Waals surface area (Å²) in [5.41, 5.74) is 5.24. The normalized spacial score (nSPS) is 11.8. The third-order valence-electron chi connectivity index (χ3n) is 5.74. The number of halogens is 2. The van der Waals surface area contributed by atoms with Gasteiger partial charge >= 0.3 is 5.97 Å². The molecule has 0 aliphatic heterocycles. The van der Waals surface area contributed by atoms with Gasteiger partial charge in [0.2, 0.25) is 0 Å². The molecule has 0 saturated carbocycles. The van der Waals surface area contributed by atoms with Crippen LogP contribution in [0.3, 0.4) is 0 Å². The van der Waals surface area contributed by atoms with Crippen molar-refractivity contribution in [1.82, 2.24) is 9.78 Å². The van der Waals surface area contributed by atoms with Crippen LogP contribution in [-0.4, -0.2) is 29.5 Å². The van der Waals surface area contributed by atoms with Gasteiger partial charge in [-0.05, 0) is 61.9 Å². The van der Waals surface area contributed by atoms with Gasteiger partial charge < -0.3 is 9.47 Å². The van der Waals surface area contributed by atoms with Crippen LogP contribution in [0.2, 0.25) is 10.0 Å². The summed E-state index contributed by atoms with van der Waals surface area (Å²) in [4.78, 5) is 13.0. The lowest BCUT2D eigenvalue weighted by atomic mass is 9.92. The van der Waals surface area contributed by atoms with Crippen LogP contribution in [0, 0.1) is 6.92 Å². The predicted molar refractivity (Wildman–Crippen MR) is 140 cm³/mol. The van der Waals surface area contributed by atoms with Crippen LogP contribution in [0.5, 0.6) is 5.75 Å². The molecule has 0 N–H and O–H groups in total. The number of aryl methyl sites for hydroxylation is 1. The van der Waals surface area contributed by atoms with Gasteiger partial charge in [-0.25, -0.2) is 4.68 Å². The highest BCUT2D eigenvalue weighted by atomic mass is 35.5. The monoisotopic (exact) mass is 508 g/mol. The highest BCUT2D eigenvalue weighted by molar-refractivity contribution is 6.42. The van der Waals surface area contributed by atoms with Gasteiger partial charge in [-0.2, -0.15) is 5.10 Å². The molecule has 0 saturated heterocycles. The molecule has 0 radical (unpaired) electrons. The zero-order valence-electron chi connectivity index (χ0n) is 19.8. The molecule has 5 nitrogen and oxygen atoms in total. The van der Waals surface area contributed by atoms with E-state index in [1.807, 2.05) is 79.2 Å². The van der Waals surface area contributed by atoms with Gasteiger partial charge in [0.15, 0.2) is 0 Å². The summed E-state index contributed by atoms with van der Waals surface area (Å²) in [6.45, 7) is 4.14. The van der Waals surface area contributed by atoms with Crippen molar-refractivity contribution in [3.8, 4) is 22.7 Å². The van der Waals surface area contributed by atoms with Crippen molar-refractivity contribution in [2.24, 2.45) is 0 Å². The van der Waals surface area contributed by atoms with Gasteiger partial charge in [0, 0.05) is 17.7 Å². The summed E-state index contributed by atoms with van der Waals surface area (Å²) >= 11 is 12.4. The predicted octanol–water partition coefficient (Wildman–Crippen LogP) is 7.05. The number of benzene rings is 3. The molecule has 1 heterocycles. The van der Waals surface area contributed by atoms with E-state index in [2.05, 4.69) is 0 Å². The summed E-state index contributed by atoms with van der Waals surface area (Å²) in [6.07, 6.45) is 0.405. The first-order valence-corrected chi connectivity index (χ1v) is 12.1. The van der Waals surface area contributed by atoms with Crippen LogP contribution >= 0.6 is 23.2 Å². The first-order valence-electron chi connectivity index (χ1n) is 11.3. The number of hydrogen-bond acceptors (Lipinski definition) is 4. The third-order valence-corrected chi connectivity index (χ3v) is 6.48. The first kappa shape index (κ1) is 24.8. The number of ether oxygens (including phenoxy) is 2. The molecular formula is C28H26Cl2N2O3. The molecule has 1 aromatic heterocycles. The number of rotatable bonds is 8. The van der Waals surface area contributed by atoms with Gasteiger partial charge in [-0.15, -0.1) is 0 Å². The molecular weight excluding hydrogens is 483 g/mol. The fraction of sp³-hybridized carbons (Fsp3) is 0.214. The fourth-order valence-corrected chi connectivity index (χ4v) is 4.28. The molecule has 180 valence electrons. The van der Waals surface area contributed by atoms with E-state index in [0.717, 1.165) is 39.5 Å². The van der Waals surface area contributed by atoms with Gasteiger partial charge in [0.1, 0.15) is 5.75 Å². The van der Waals surface area contributed by atoms with Gasteiger partial charge in [0.25, 0.3) is 0 Å². The van der Waals surface area contributed by atoms with Crippen LogP contribution in [-0.2, 0) is 16.0 Å². The van der Waals surface area contributed by atoms with E-state index in [-0.39, 0.29) is 5.97 Å². The maximum absolute atomic E-state index is 13.0. The molecule has 4 rings (SSSR count). The number of carbonyl (C=O) groups excluding carboxylic acids is 1. The van der Waals surface area contributed by atoms with Crippen LogP contribution in [0.15, 0.2) is 72.8 Å². The second kappa shape index (κ2) is 11.0. The van der Waals surface area contributed by atoms with E-state index < -0.39 is 5.92 Å². The van der Waals surface area contributed by atoms with Crippen molar-refractivity contribution in [3.05, 3.63) is 99.7 Å². The van der Waals surface area contributed by atoms with Crippen LogP contribution in [0.4, 0.5) is 0 Å². The SMILES string of the molecule is CCOC(=O)C(Cc1cc(-c2ccc(Cl)c(Cl)c2)nn1-c1ccc(OC)cc1)c1cccc(C)c1. The minimum Gasteiger partial charge on any atom is -0.497 e. The number of esters is 1. The highest BCUT2D eigenvalue weighted by Crippen LogP contribution is 2.31. The van der Waals surface area contributed by atoms with Gasteiger partial charge in [-0.1, -0.05) is 59.1 Å². The Hall–Kier alpha value is -3.28. The third kappa shape index (κ3) is 5.69. The Kier molecular flexibility index (Phi) is 7.79. The first-order chi connectivity index (χ1) is 16.9. The molecule has 1 unspecified atom stereocenters. The number of hydrogen-bond donors (Lipinski definition) is 0. The Morgan fingerprint density at radius 3 is 2.43 bits per heavy atom. The minimum absolute atomic E-state index is 0.267. The van der Waals surface area contributed by atoms with E-state index in [0.29, 0.717) is 23.1 Å². The number of nitrogens with zero attached hydrogens (tertiary/aromatic N) is 2. The standard InChI is InChI=1S/C28H26Cl2N2O3/c1-4-35-28(33)24(19-7-5-6-18(2)14-19)16-22-17-27(20-8-13-25(29)26(30)15-20)31-32(22)21-9-11-23(34-3)12-10-21/h5-15,17,24H,4,16H2,1-3H3. The molecule has 35 heavy (non-hydrogen) atoms. The van der Waals surface area contributed by atoms with Gasteiger partial charge in [-0.3, -0.25) is 4.79 Å². The van der Waals surface area contributed by atoms with E-state index in [1.54, 1.807) is 19.2 Å². The molecule has 0 fully saturated rings. The van der Waals surface area contributed by atoms with Crippen molar-refractivity contribution in [3.63, 3.8) is 0 Å². The maximum atomic E-state index is 13.0. The molecule has 0 aliphatic rings. The Balaban J connectivity index is 1.81. The Morgan fingerprint density at radius 1 is 1.00 bits per heavy atom. The van der Waals surface area contributed by atoms with Crippen LogP contribution in [0.25, 0.3) is 16.9 Å². The molecule has 0 spiro atoms. The zero-order chi connectivity index (χ0) is 24.9. The highest BCUT2D eigenvalue weighted by Gasteiger charge is 2.25. The summed E-state index contributed by atoms with van der Waals surface area (Å²) < 4.78 is 12.6. The minimum atomic E-state index is -0.481. The molecule has 0 aliphatic carbocycles. The van der Waals surface area contributed by atoms with Crippen LogP contribution in [0.1, 0.15) is 29.7 Å². The fourth-order valence-electron chi connectivity index (χ4n) is 3.98. The van der Waals surface area contributed by atoms with Crippen molar-refractivity contribution < 1.29 is 14.3 Å². The molecule has 4 aromatic rings. The number of carbonyl (C=O) groups is 1. The topological polar surface area (TPSA) is 53.3 Å². The summed E-state index contributed by atoms with van der Waals surface area (Å²) in [5, 5.41) is 5.80. The van der Waals surface area contributed by atoms with E-state index >= 15 is 0 Å². The molecule has 0 amide bonds. The van der Waals surface area contributed by atoms with Crippen molar-refractivity contribution in [1.29, 1.82) is 0 Å². The molecule has 0 bridgehead atoms. The van der Waals surface area contributed by atoms with Crippen molar-refractivity contribution in [2.75, 3.05) is 13.7 Å². The zero-order valence-corrected chi connectivity index (χ0v) is 21.3.